The SMILES string of the molecule is Cc1cnc(NC(=O)C2Cc3ccccc3CN2S(=O)(=O)c2ccccc2F)s1. The van der Waals surface area contributed by atoms with Crippen molar-refractivity contribution in [3.63, 3.8) is 0 Å². The highest BCUT2D eigenvalue weighted by Crippen LogP contribution is 2.31. The first kappa shape index (κ1) is 19.7. The van der Waals surface area contributed by atoms with Crippen LogP contribution in [0.15, 0.2) is 59.6 Å². The molecule has 1 amide bonds. The van der Waals surface area contributed by atoms with Crippen molar-refractivity contribution < 1.29 is 17.6 Å². The fraction of sp³-hybridized carbons (Fsp3) is 0.200. The topological polar surface area (TPSA) is 79.4 Å². The third kappa shape index (κ3) is 3.81. The second-order valence-electron chi connectivity index (χ2n) is 6.73. The van der Waals surface area contributed by atoms with E-state index in [2.05, 4.69) is 10.3 Å². The molecule has 6 nitrogen and oxygen atoms in total. The van der Waals surface area contributed by atoms with Crippen molar-refractivity contribution in [3.05, 3.63) is 76.5 Å². The maximum atomic E-state index is 14.3. The van der Waals surface area contributed by atoms with Gasteiger partial charge in [-0.1, -0.05) is 36.4 Å². The Morgan fingerprint density at radius 2 is 1.86 bits per heavy atom. The van der Waals surface area contributed by atoms with Crippen molar-refractivity contribution in [2.45, 2.75) is 30.8 Å². The normalized spacial score (nSPS) is 17.0. The van der Waals surface area contributed by atoms with E-state index < -0.39 is 32.7 Å². The Morgan fingerprint density at radius 1 is 1.17 bits per heavy atom. The number of aryl methyl sites for hydroxylation is 1. The molecule has 1 aromatic heterocycles. The molecule has 1 aliphatic rings. The highest BCUT2D eigenvalue weighted by molar-refractivity contribution is 7.89. The van der Waals surface area contributed by atoms with Crippen molar-refractivity contribution in [1.82, 2.24) is 9.29 Å². The first-order valence-corrected chi connectivity index (χ1v) is 11.2. The van der Waals surface area contributed by atoms with Gasteiger partial charge in [-0.15, -0.1) is 11.3 Å². The molecule has 0 radical (unpaired) electrons. The van der Waals surface area contributed by atoms with E-state index in [0.717, 1.165) is 26.4 Å². The van der Waals surface area contributed by atoms with Gasteiger partial charge in [0.05, 0.1) is 0 Å². The standard InChI is InChI=1S/C20H18FN3O3S2/c1-13-11-22-20(28-13)23-19(25)17-10-14-6-2-3-7-15(14)12-24(17)29(26,27)18-9-5-4-8-16(18)21/h2-9,11,17H,10,12H2,1H3,(H,22,23,25). The van der Waals surface area contributed by atoms with Gasteiger partial charge < -0.3 is 5.32 Å². The Kier molecular flexibility index (Phi) is 5.20. The zero-order chi connectivity index (χ0) is 20.6. The van der Waals surface area contributed by atoms with Gasteiger partial charge in [0.2, 0.25) is 15.9 Å². The number of nitrogens with one attached hydrogen (secondary N) is 1. The number of benzene rings is 2. The number of anilines is 1. The van der Waals surface area contributed by atoms with Crippen LogP contribution in [-0.4, -0.2) is 29.7 Å². The third-order valence-corrected chi connectivity index (χ3v) is 7.50. The van der Waals surface area contributed by atoms with E-state index in [9.17, 15) is 17.6 Å². The smallest absolute Gasteiger partial charge is 0.247 e. The summed E-state index contributed by atoms with van der Waals surface area (Å²) < 4.78 is 41.9. The van der Waals surface area contributed by atoms with Crippen LogP contribution in [0, 0.1) is 12.7 Å². The minimum absolute atomic E-state index is 0.0121. The van der Waals surface area contributed by atoms with Gasteiger partial charge in [0.1, 0.15) is 16.8 Å². The van der Waals surface area contributed by atoms with Crippen LogP contribution in [-0.2, 0) is 27.8 Å². The summed E-state index contributed by atoms with van der Waals surface area (Å²) in [6.45, 7) is 1.85. The van der Waals surface area contributed by atoms with Crippen molar-refractivity contribution in [2.75, 3.05) is 5.32 Å². The summed E-state index contributed by atoms with van der Waals surface area (Å²) in [5, 5.41) is 3.10. The molecule has 1 aliphatic heterocycles. The number of carbonyl (C=O) groups excluding carboxylic acids is 1. The van der Waals surface area contributed by atoms with Crippen LogP contribution in [0.1, 0.15) is 16.0 Å². The van der Waals surface area contributed by atoms with Gasteiger partial charge in [0.25, 0.3) is 0 Å². The Bertz CT molecular complexity index is 1180. The van der Waals surface area contributed by atoms with Crippen LogP contribution in [0.4, 0.5) is 9.52 Å². The Hall–Kier alpha value is -2.62. The van der Waals surface area contributed by atoms with Crippen LogP contribution in [0.25, 0.3) is 0 Å². The lowest BCUT2D eigenvalue weighted by atomic mass is 9.95. The van der Waals surface area contributed by atoms with Crippen molar-refractivity contribution in [3.8, 4) is 0 Å². The van der Waals surface area contributed by atoms with Gasteiger partial charge in [0.15, 0.2) is 5.13 Å². The molecule has 0 aliphatic carbocycles. The minimum atomic E-state index is -4.24. The van der Waals surface area contributed by atoms with Crippen LogP contribution < -0.4 is 5.32 Å². The second-order valence-corrected chi connectivity index (χ2v) is 9.83. The predicted octanol–water partition coefficient (Wildman–Crippen LogP) is 3.34. The van der Waals surface area contributed by atoms with Gasteiger partial charge in [-0.25, -0.2) is 17.8 Å². The van der Waals surface area contributed by atoms with Crippen molar-refractivity contribution >= 4 is 32.4 Å². The van der Waals surface area contributed by atoms with E-state index in [1.807, 2.05) is 31.2 Å². The van der Waals surface area contributed by atoms with Gasteiger partial charge in [-0.05, 0) is 36.6 Å². The minimum Gasteiger partial charge on any atom is -0.301 e. The Balaban J connectivity index is 1.74. The van der Waals surface area contributed by atoms with E-state index >= 15 is 0 Å². The third-order valence-electron chi connectivity index (χ3n) is 4.78. The average molecular weight is 432 g/mol. The molecule has 2 aromatic carbocycles. The number of fused-ring (bicyclic) bond motifs is 1. The highest BCUT2D eigenvalue weighted by atomic mass is 32.2. The summed E-state index contributed by atoms with van der Waals surface area (Å²) in [6.07, 6.45) is 1.82. The lowest BCUT2D eigenvalue weighted by Crippen LogP contribution is -2.50. The maximum Gasteiger partial charge on any atom is 0.247 e. The molecule has 0 bridgehead atoms. The lowest BCUT2D eigenvalue weighted by Gasteiger charge is -2.34. The molecule has 0 fully saturated rings. The fourth-order valence-corrected chi connectivity index (χ4v) is 5.66. The van der Waals surface area contributed by atoms with E-state index in [1.54, 1.807) is 6.20 Å². The molecule has 1 atom stereocenters. The van der Waals surface area contributed by atoms with Crippen molar-refractivity contribution in [2.24, 2.45) is 0 Å². The van der Waals surface area contributed by atoms with E-state index in [-0.39, 0.29) is 13.0 Å². The molecule has 3 aromatic rings. The summed E-state index contributed by atoms with van der Waals surface area (Å²) in [7, 11) is -4.24. The molecule has 150 valence electrons. The molecule has 0 saturated heterocycles. The van der Waals surface area contributed by atoms with Crippen LogP contribution >= 0.6 is 11.3 Å². The number of amides is 1. The first-order chi connectivity index (χ1) is 13.9. The molecule has 29 heavy (non-hydrogen) atoms. The number of hydrogen-bond acceptors (Lipinski definition) is 5. The zero-order valence-corrected chi connectivity index (χ0v) is 17.1. The quantitative estimate of drug-likeness (QED) is 0.687. The van der Waals surface area contributed by atoms with Crippen LogP contribution in [0.2, 0.25) is 0 Å². The van der Waals surface area contributed by atoms with Crippen molar-refractivity contribution in [1.29, 1.82) is 0 Å². The number of hydrogen-bond donors (Lipinski definition) is 1. The summed E-state index contributed by atoms with van der Waals surface area (Å²) in [4.78, 5) is 17.6. The Morgan fingerprint density at radius 3 is 2.55 bits per heavy atom. The molecule has 0 spiro atoms. The summed E-state index contributed by atoms with van der Waals surface area (Å²) >= 11 is 1.30. The molecule has 4 rings (SSSR count). The van der Waals surface area contributed by atoms with Crippen LogP contribution in [0.3, 0.4) is 0 Å². The van der Waals surface area contributed by atoms with Gasteiger partial charge in [0, 0.05) is 17.6 Å². The number of aromatic nitrogens is 1. The van der Waals surface area contributed by atoms with Gasteiger partial charge >= 0.3 is 0 Å². The first-order valence-electron chi connectivity index (χ1n) is 8.93. The van der Waals surface area contributed by atoms with Gasteiger partial charge in [-0.3, -0.25) is 4.79 Å². The maximum absolute atomic E-state index is 14.3. The summed E-state index contributed by atoms with van der Waals surface area (Å²) in [6, 6.07) is 11.5. The Labute approximate surface area is 172 Å². The largest absolute Gasteiger partial charge is 0.301 e. The zero-order valence-electron chi connectivity index (χ0n) is 15.5. The number of halogens is 1. The molecule has 2 heterocycles. The second kappa shape index (κ2) is 7.66. The van der Waals surface area contributed by atoms with Crippen LogP contribution in [0.5, 0.6) is 0 Å². The highest BCUT2D eigenvalue weighted by Gasteiger charge is 2.40. The number of thiazole rings is 1. The molecule has 0 saturated carbocycles. The van der Waals surface area contributed by atoms with E-state index in [0.29, 0.717) is 5.13 Å². The molecular formula is C20H18FN3O3S2. The summed E-state index contributed by atoms with van der Waals surface area (Å²) in [5.41, 5.74) is 1.68. The number of nitrogens with zero attached hydrogens (tertiary/aromatic N) is 2. The molecule has 1 unspecified atom stereocenters. The fourth-order valence-electron chi connectivity index (χ4n) is 3.36. The molecule has 9 heteroatoms. The molecule has 1 N–H and O–H groups in total. The lowest BCUT2D eigenvalue weighted by molar-refractivity contribution is -0.120. The monoisotopic (exact) mass is 431 g/mol. The number of carbonyl (C=O) groups is 1. The molecular weight excluding hydrogens is 413 g/mol. The van der Waals surface area contributed by atoms with E-state index in [4.69, 9.17) is 0 Å². The van der Waals surface area contributed by atoms with Gasteiger partial charge in [-0.2, -0.15) is 4.31 Å². The average Bonchev–Trinajstić information content (AvgIpc) is 3.11. The summed E-state index contributed by atoms with van der Waals surface area (Å²) in [5.74, 6) is -1.34. The van der Waals surface area contributed by atoms with E-state index in [1.165, 1.54) is 29.5 Å². The predicted molar refractivity (Wildman–Crippen MR) is 109 cm³/mol. The number of rotatable bonds is 4. The number of sulfonamides is 1.